The van der Waals surface area contributed by atoms with Crippen LogP contribution in [0.4, 0.5) is 18.9 Å². The second kappa shape index (κ2) is 4.61. The lowest BCUT2D eigenvalue weighted by molar-refractivity contribution is -0.0328. The second-order valence-electron chi connectivity index (χ2n) is 2.79. The number of nitrogens with two attached hydrogens (primary N) is 1. The molecule has 1 aromatic heterocycles. The molecule has 0 aliphatic heterocycles. The Hall–Kier alpha value is -1.11. The summed E-state index contributed by atoms with van der Waals surface area (Å²) in [7, 11) is 0. The van der Waals surface area contributed by atoms with Gasteiger partial charge in [-0.3, -0.25) is 4.79 Å². The van der Waals surface area contributed by atoms with Crippen molar-refractivity contribution in [2.45, 2.75) is 12.1 Å². The maximum Gasteiger partial charge on any atom is 0.441 e. The third-order valence-electron chi connectivity index (χ3n) is 1.60. The highest BCUT2D eigenvalue weighted by Gasteiger charge is 2.27. The van der Waals surface area contributed by atoms with E-state index in [0.29, 0.717) is 5.69 Å². The van der Waals surface area contributed by atoms with Crippen LogP contribution in [0.25, 0.3) is 0 Å². The number of thioether (sulfide) groups is 1. The Morgan fingerprint density at radius 1 is 1.40 bits per heavy atom. The smallest absolute Gasteiger partial charge is 0.398 e. The Morgan fingerprint density at radius 3 is 2.67 bits per heavy atom. The molecular weight excluding hydrogens is 229 g/mol. The standard InChI is InChI=1S/C8H9F3N2OS/c9-8(10,11)15-4-3-13-5-6(12)1-2-7(13)14/h1-2,5H,3-4,12H2. The van der Waals surface area contributed by atoms with Crippen molar-refractivity contribution in [3.63, 3.8) is 0 Å². The lowest BCUT2D eigenvalue weighted by atomic mass is 10.4. The highest BCUT2D eigenvalue weighted by atomic mass is 32.2. The van der Waals surface area contributed by atoms with E-state index in [4.69, 9.17) is 5.73 Å². The molecule has 1 aromatic rings. The summed E-state index contributed by atoms with van der Waals surface area (Å²) in [6.07, 6.45) is 1.33. The Labute approximate surface area is 88.1 Å². The van der Waals surface area contributed by atoms with Gasteiger partial charge in [-0.15, -0.1) is 0 Å². The van der Waals surface area contributed by atoms with Crippen molar-refractivity contribution in [2.75, 3.05) is 11.5 Å². The van der Waals surface area contributed by atoms with Crippen molar-refractivity contribution < 1.29 is 13.2 Å². The molecule has 0 spiro atoms. The molecule has 0 bridgehead atoms. The number of aromatic nitrogens is 1. The van der Waals surface area contributed by atoms with Crippen molar-refractivity contribution in [1.82, 2.24) is 4.57 Å². The highest BCUT2D eigenvalue weighted by molar-refractivity contribution is 8.00. The minimum absolute atomic E-state index is 0.00590. The molecule has 0 radical (unpaired) electrons. The third kappa shape index (κ3) is 4.28. The SMILES string of the molecule is Nc1ccc(=O)n(CCSC(F)(F)F)c1. The minimum atomic E-state index is -4.26. The zero-order valence-corrected chi connectivity index (χ0v) is 8.44. The number of hydrogen-bond acceptors (Lipinski definition) is 3. The first kappa shape index (κ1) is 12.0. The Bertz CT molecular complexity index is 388. The summed E-state index contributed by atoms with van der Waals surface area (Å²) in [6, 6.07) is 2.64. The van der Waals surface area contributed by atoms with Crippen LogP contribution in [0.2, 0.25) is 0 Å². The summed E-state index contributed by atoms with van der Waals surface area (Å²) >= 11 is -0.158. The first-order valence-electron chi connectivity index (χ1n) is 4.05. The van der Waals surface area contributed by atoms with E-state index in [0.717, 1.165) is 4.57 Å². The van der Waals surface area contributed by atoms with Crippen molar-refractivity contribution in [2.24, 2.45) is 0 Å². The topological polar surface area (TPSA) is 48.0 Å². The third-order valence-corrected chi connectivity index (χ3v) is 2.32. The quantitative estimate of drug-likeness (QED) is 0.871. The summed E-state index contributed by atoms with van der Waals surface area (Å²) in [6.45, 7) is -0.00590. The van der Waals surface area contributed by atoms with Crippen LogP contribution in [0.5, 0.6) is 0 Å². The molecule has 7 heteroatoms. The number of alkyl halides is 3. The molecular formula is C8H9F3N2OS. The number of hydrogen-bond donors (Lipinski definition) is 1. The fourth-order valence-corrected chi connectivity index (χ4v) is 1.50. The summed E-state index contributed by atoms with van der Waals surface area (Å²) < 4.78 is 36.5. The average molecular weight is 238 g/mol. The Balaban J connectivity index is 2.58. The highest BCUT2D eigenvalue weighted by Crippen LogP contribution is 2.29. The molecule has 0 aliphatic rings. The van der Waals surface area contributed by atoms with Crippen LogP contribution in [0.1, 0.15) is 0 Å². The van der Waals surface area contributed by atoms with Crippen LogP contribution < -0.4 is 11.3 Å². The number of halogens is 3. The van der Waals surface area contributed by atoms with Crippen LogP contribution >= 0.6 is 11.8 Å². The molecule has 0 saturated heterocycles. The summed E-state index contributed by atoms with van der Waals surface area (Å²) in [4.78, 5) is 11.1. The lowest BCUT2D eigenvalue weighted by Crippen LogP contribution is -2.20. The number of nitrogen functional groups attached to an aromatic ring is 1. The van der Waals surface area contributed by atoms with Gasteiger partial charge in [0.25, 0.3) is 5.56 Å². The van der Waals surface area contributed by atoms with Crippen LogP contribution in [-0.4, -0.2) is 15.8 Å². The van der Waals surface area contributed by atoms with E-state index in [1.165, 1.54) is 18.3 Å². The number of anilines is 1. The zero-order chi connectivity index (χ0) is 11.5. The molecule has 0 aromatic carbocycles. The molecule has 84 valence electrons. The molecule has 0 unspecified atom stereocenters. The van der Waals surface area contributed by atoms with Gasteiger partial charge in [0.15, 0.2) is 0 Å². The van der Waals surface area contributed by atoms with Gasteiger partial charge in [-0.05, 0) is 17.8 Å². The fourth-order valence-electron chi connectivity index (χ4n) is 0.984. The number of pyridine rings is 1. The number of nitrogens with zero attached hydrogens (tertiary/aromatic N) is 1. The predicted octanol–water partition coefficient (Wildman–Crippen LogP) is 1.68. The molecule has 15 heavy (non-hydrogen) atoms. The maximum absolute atomic E-state index is 11.8. The molecule has 0 amide bonds. The van der Waals surface area contributed by atoms with E-state index in [9.17, 15) is 18.0 Å². The van der Waals surface area contributed by atoms with Gasteiger partial charge in [-0.25, -0.2) is 0 Å². The van der Waals surface area contributed by atoms with Gasteiger partial charge in [-0.2, -0.15) is 13.2 Å². The number of rotatable bonds is 3. The summed E-state index contributed by atoms with van der Waals surface area (Å²) in [5, 5.41) is 0. The molecule has 0 fully saturated rings. The van der Waals surface area contributed by atoms with E-state index < -0.39 is 5.51 Å². The largest absolute Gasteiger partial charge is 0.441 e. The van der Waals surface area contributed by atoms with Crippen LogP contribution in [0.3, 0.4) is 0 Å². The van der Waals surface area contributed by atoms with E-state index in [1.807, 2.05) is 0 Å². The summed E-state index contributed by atoms with van der Waals surface area (Å²) in [5.41, 5.74) is 1.13. The van der Waals surface area contributed by atoms with E-state index >= 15 is 0 Å². The van der Waals surface area contributed by atoms with Crippen LogP contribution in [-0.2, 0) is 6.54 Å². The van der Waals surface area contributed by atoms with Gasteiger partial charge < -0.3 is 10.3 Å². The normalized spacial score (nSPS) is 11.7. The van der Waals surface area contributed by atoms with Crippen molar-refractivity contribution in [1.29, 1.82) is 0 Å². The molecule has 2 N–H and O–H groups in total. The summed E-state index contributed by atoms with van der Waals surface area (Å²) in [5.74, 6) is -0.202. The predicted molar refractivity (Wildman–Crippen MR) is 53.6 cm³/mol. The Morgan fingerprint density at radius 2 is 2.07 bits per heavy atom. The van der Waals surface area contributed by atoms with Gasteiger partial charge in [0, 0.05) is 30.2 Å². The van der Waals surface area contributed by atoms with Gasteiger partial charge in [-0.1, -0.05) is 0 Å². The lowest BCUT2D eigenvalue weighted by Gasteiger charge is -2.07. The van der Waals surface area contributed by atoms with E-state index in [1.54, 1.807) is 0 Å². The first-order valence-corrected chi connectivity index (χ1v) is 5.04. The van der Waals surface area contributed by atoms with Crippen LogP contribution in [0, 0.1) is 0 Å². The fraction of sp³-hybridized carbons (Fsp3) is 0.375. The second-order valence-corrected chi connectivity index (χ2v) is 3.95. The van der Waals surface area contributed by atoms with Gasteiger partial charge in [0.1, 0.15) is 0 Å². The zero-order valence-electron chi connectivity index (χ0n) is 7.62. The van der Waals surface area contributed by atoms with Gasteiger partial charge >= 0.3 is 5.51 Å². The van der Waals surface area contributed by atoms with Crippen LogP contribution in [0.15, 0.2) is 23.1 Å². The molecule has 0 atom stereocenters. The van der Waals surface area contributed by atoms with Crippen molar-refractivity contribution in [3.05, 3.63) is 28.7 Å². The molecule has 3 nitrogen and oxygen atoms in total. The Kier molecular flexibility index (Phi) is 3.67. The van der Waals surface area contributed by atoms with Crippen molar-refractivity contribution >= 4 is 17.4 Å². The maximum atomic E-state index is 11.8. The monoisotopic (exact) mass is 238 g/mol. The molecule has 0 aliphatic carbocycles. The van der Waals surface area contributed by atoms with Crippen molar-refractivity contribution in [3.8, 4) is 0 Å². The minimum Gasteiger partial charge on any atom is -0.398 e. The van der Waals surface area contributed by atoms with E-state index in [2.05, 4.69) is 0 Å². The van der Waals surface area contributed by atoms with E-state index in [-0.39, 0.29) is 29.6 Å². The number of aryl methyl sites for hydroxylation is 1. The molecule has 1 rings (SSSR count). The molecule has 0 saturated carbocycles. The van der Waals surface area contributed by atoms with Gasteiger partial charge in [0.05, 0.1) is 0 Å². The molecule has 1 heterocycles. The average Bonchev–Trinajstić information content (AvgIpc) is 2.09. The first-order chi connectivity index (χ1) is 6.88. The van der Waals surface area contributed by atoms with Gasteiger partial charge in [0.2, 0.25) is 0 Å².